The van der Waals surface area contributed by atoms with E-state index in [0.29, 0.717) is 32.1 Å². The van der Waals surface area contributed by atoms with Crippen molar-refractivity contribution in [1.29, 1.82) is 0 Å². The molecule has 1 atom stereocenters. The molecule has 0 saturated heterocycles. The van der Waals surface area contributed by atoms with Gasteiger partial charge in [0.05, 0.1) is 6.54 Å². The lowest BCUT2D eigenvalue weighted by molar-refractivity contribution is -0.121. The van der Waals surface area contributed by atoms with Gasteiger partial charge in [-0.05, 0) is 26.0 Å². The van der Waals surface area contributed by atoms with E-state index in [9.17, 15) is 4.79 Å². The average Bonchev–Trinajstić information content (AvgIpc) is 2.57. The van der Waals surface area contributed by atoms with Gasteiger partial charge in [0.1, 0.15) is 12.7 Å². The summed E-state index contributed by atoms with van der Waals surface area (Å²) in [6.07, 6.45) is 0.303. The molecule has 3 N–H and O–H groups in total. The number of carbonyl (C=O) groups excluding carboxylic acids is 1. The molecule has 0 bridgehead atoms. The van der Waals surface area contributed by atoms with E-state index in [-0.39, 0.29) is 42.0 Å². The summed E-state index contributed by atoms with van der Waals surface area (Å²) in [7, 11) is 1.69. The van der Waals surface area contributed by atoms with Gasteiger partial charge in [0.25, 0.3) is 0 Å². The molecule has 0 radical (unpaired) electrons. The maximum Gasteiger partial charge on any atom is 0.221 e. The minimum Gasteiger partial charge on any atom is -0.486 e. The van der Waals surface area contributed by atoms with Crippen LogP contribution in [-0.2, 0) is 4.79 Å². The monoisotopic (exact) mass is 462 g/mol. The number of ether oxygens (including phenoxy) is 2. The van der Waals surface area contributed by atoms with Gasteiger partial charge in [-0.1, -0.05) is 12.1 Å². The van der Waals surface area contributed by atoms with Gasteiger partial charge in [0.15, 0.2) is 17.5 Å². The fraction of sp³-hybridized carbons (Fsp3) is 0.529. The molecular formula is C17H27IN4O3. The third kappa shape index (κ3) is 7.37. The van der Waals surface area contributed by atoms with Crippen LogP contribution in [0.2, 0.25) is 0 Å². The number of benzene rings is 1. The number of fused-ring (bicyclic) bond motifs is 1. The molecule has 0 fully saturated rings. The molecule has 0 aromatic heterocycles. The maximum absolute atomic E-state index is 11.6. The molecule has 0 saturated carbocycles. The number of para-hydroxylation sites is 2. The highest BCUT2D eigenvalue weighted by molar-refractivity contribution is 14.0. The van der Waals surface area contributed by atoms with Gasteiger partial charge in [-0.2, -0.15) is 0 Å². The highest BCUT2D eigenvalue weighted by Gasteiger charge is 2.20. The van der Waals surface area contributed by atoms with Crippen LogP contribution in [0.4, 0.5) is 0 Å². The number of nitrogens with zero attached hydrogens (tertiary/aromatic N) is 1. The smallest absolute Gasteiger partial charge is 0.221 e. The summed E-state index contributed by atoms with van der Waals surface area (Å²) in [4.78, 5) is 15.7. The topological polar surface area (TPSA) is 84.0 Å². The van der Waals surface area contributed by atoms with E-state index < -0.39 is 0 Å². The van der Waals surface area contributed by atoms with Crippen LogP contribution in [0.1, 0.15) is 20.3 Å². The zero-order valence-corrected chi connectivity index (χ0v) is 17.2. The Bertz CT molecular complexity index is 581. The van der Waals surface area contributed by atoms with Crippen molar-refractivity contribution in [2.24, 2.45) is 4.99 Å². The standard InChI is InChI=1S/C17H26N4O3.HI/c1-12(2)21-16(22)8-9-19-17(18-3)20-10-13-11-23-14-6-4-5-7-15(14)24-13;/h4-7,12-13H,8-11H2,1-3H3,(H,21,22)(H2,18,19,20);1H. The number of hydrogen-bond donors (Lipinski definition) is 3. The molecule has 1 aliphatic heterocycles. The molecule has 1 aromatic carbocycles. The Morgan fingerprint density at radius 3 is 2.68 bits per heavy atom. The van der Waals surface area contributed by atoms with Crippen molar-refractivity contribution in [2.75, 3.05) is 26.7 Å². The van der Waals surface area contributed by atoms with Crippen LogP contribution in [0.25, 0.3) is 0 Å². The Hall–Kier alpha value is -1.71. The minimum absolute atomic E-state index is 0. The Balaban J connectivity index is 0.00000312. The molecule has 140 valence electrons. The Morgan fingerprint density at radius 1 is 1.28 bits per heavy atom. The van der Waals surface area contributed by atoms with E-state index in [2.05, 4.69) is 20.9 Å². The number of carbonyl (C=O) groups is 1. The molecule has 0 spiro atoms. The molecule has 0 aliphatic carbocycles. The van der Waals surface area contributed by atoms with Gasteiger partial charge in [0.2, 0.25) is 5.91 Å². The Labute approximate surface area is 166 Å². The summed E-state index contributed by atoms with van der Waals surface area (Å²) in [6, 6.07) is 7.77. The zero-order valence-electron chi connectivity index (χ0n) is 14.9. The second-order valence-electron chi connectivity index (χ2n) is 5.85. The van der Waals surface area contributed by atoms with Crippen LogP contribution in [0.3, 0.4) is 0 Å². The third-order valence-electron chi connectivity index (χ3n) is 3.38. The second-order valence-corrected chi connectivity index (χ2v) is 5.85. The predicted octanol–water partition coefficient (Wildman–Crippen LogP) is 1.52. The number of guanidine groups is 1. The van der Waals surface area contributed by atoms with E-state index in [1.165, 1.54) is 0 Å². The number of nitrogens with one attached hydrogen (secondary N) is 3. The third-order valence-corrected chi connectivity index (χ3v) is 3.38. The van der Waals surface area contributed by atoms with Crippen molar-refractivity contribution in [1.82, 2.24) is 16.0 Å². The van der Waals surface area contributed by atoms with Crippen molar-refractivity contribution in [2.45, 2.75) is 32.4 Å². The highest BCUT2D eigenvalue weighted by atomic mass is 127. The first-order chi connectivity index (χ1) is 11.6. The summed E-state index contributed by atoms with van der Waals surface area (Å²) in [5.41, 5.74) is 0. The number of hydrogen-bond acceptors (Lipinski definition) is 4. The number of amides is 1. The predicted molar refractivity (Wildman–Crippen MR) is 109 cm³/mol. The Kier molecular flexibility index (Phi) is 9.40. The van der Waals surface area contributed by atoms with E-state index in [1.807, 2.05) is 38.1 Å². The number of rotatable bonds is 6. The van der Waals surface area contributed by atoms with Gasteiger partial charge >= 0.3 is 0 Å². The lowest BCUT2D eigenvalue weighted by atomic mass is 10.2. The van der Waals surface area contributed by atoms with Gasteiger partial charge in [-0.25, -0.2) is 0 Å². The van der Waals surface area contributed by atoms with Crippen LogP contribution >= 0.6 is 24.0 Å². The first-order valence-corrected chi connectivity index (χ1v) is 8.21. The summed E-state index contributed by atoms with van der Waals surface area (Å²) >= 11 is 0. The first kappa shape index (κ1) is 21.3. The lowest BCUT2D eigenvalue weighted by Crippen LogP contribution is -2.46. The molecule has 2 rings (SSSR count). The van der Waals surface area contributed by atoms with Crippen molar-refractivity contribution in [3.63, 3.8) is 0 Å². The minimum atomic E-state index is -0.0947. The van der Waals surface area contributed by atoms with Crippen LogP contribution in [0.15, 0.2) is 29.3 Å². The van der Waals surface area contributed by atoms with Gasteiger partial charge in [-0.15, -0.1) is 24.0 Å². The first-order valence-electron chi connectivity index (χ1n) is 8.21. The van der Waals surface area contributed by atoms with Crippen molar-refractivity contribution < 1.29 is 14.3 Å². The summed E-state index contributed by atoms with van der Waals surface area (Å²) in [5.74, 6) is 2.18. The Morgan fingerprint density at radius 2 is 2.00 bits per heavy atom. The SMILES string of the molecule is CN=C(NCCC(=O)NC(C)C)NCC1COc2ccccc2O1.I. The molecule has 1 amide bonds. The molecule has 1 unspecified atom stereocenters. The quantitative estimate of drug-likeness (QED) is 0.339. The van der Waals surface area contributed by atoms with Gasteiger partial charge < -0.3 is 25.4 Å². The normalized spacial score (nSPS) is 16.0. The number of halogens is 1. The van der Waals surface area contributed by atoms with E-state index in [4.69, 9.17) is 9.47 Å². The summed E-state index contributed by atoms with van der Waals surface area (Å²) in [6.45, 7) is 5.44. The molecule has 7 nitrogen and oxygen atoms in total. The molecular weight excluding hydrogens is 435 g/mol. The van der Waals surface area contributed by atoms with E-state index in [0.717, 1.165) is 11.5 Å². The van der Waals surface area contributed by atoms with E-state index in [1.54, 1.807) is 7.05 Å². The second kappa shape index (κ2) is 11.0. The van der Waals surface area contributed by atoms with Crippen molar-refractivity contribution >= 4 is 35.8 Å². The molecule has 1 aromatic rings. The largest absolute Gasteiger partial charge is 0.486 e. The fourth-order valence-electron chi connectivity index (χ4n) is 2.28. The van der Waals surface area contributed by atoms with Crippen LogP contribution < -0.4 is 25.4 Å². The highest BCUT2D eigenvalue weighted by Crippen LogP contribution is 2.30. The van der Waals surface area contributed by atoms with Crippen molar-refractivity contribution in [3.8, 4) is 11.5 Å². The summed E-state index contributed by atoms with van der Waals surface area (Å²) < 4.78 is 11.6. The van der Waals surface area contributed by atoms with Crippen LogP contribution in [0.5, 0.6) is 11.5 Å². The molecule has 1 aliphatic rings. The average molecular weight is 462 g/mol. The van der Waals surface area contributed by atoms with Crippen LogP contribution in [-0.4, -0.2) is 50.8 Å². The van der Waals surface area contributed by atoms with Gasteiger partial charge in [0, 0.05) is 26.1 Å². The summed E-state index contributed by atoms with van der Waals surface area (Å²) in [5, 5.41) is 9.15. The van der Waals surface area contributed by atoms with Crippen LogP contribution in [0, 0.1) is 0 Å². The van der Waals surface area contributed by atoms with Crippen molar-refractivity contribution in [3.05, 3.63) is 24.3 Å². The van der Waals surface area contributed by atoms with Gasteiger partial charge in [-0.3, -0.25) is 9.79 Å². The fourth-order valence-corrected chi connectivity index (χ4v) is 2.28. The molecule has 8 heteroatoms. The number of aliphatic imine (C=N–C) groups is 1. The van der Waals surface area contributed by atoms with E-state index >= 15 is 0 Å². The molecule has 25 heavy (non-hydrogen) atoms. The molecule has 1 heterocycles. The zero-order chi connectivity index (χ0) is 17.4. The lowest BCUT2D eigenvalue weighted by Gasteiger charge is -2.27. The maximum atomic E-state index is 11.6.